The summed E-state index contributed by atoms with van der Waals surface area (Å²) in [5, 5.41) is 10.5. The zero-order valence-corrected chi connectivity index (χ0v) is 8.01. The van der Waals surface area contributed by atoms with E-state index in [9.17, 15) is 0 Å². The van der Waals surface area contributed by atoms with E-state index in [1.807, 2.05) is 0 Å². The maximum Gasteiger partial charge on any atom is 0.150 e. The van der Waals surface area contributed by atoms with Crippen molar-refractivity contribution in [2.45, 2.75) is 45.2 Å². The molecular formula is C9H16N4. The SMILES string of the molecule is CCCc1n[nH]c(CNC2CC2)n1. The molecule has 2 rings (SSSR count). The van der Waals surface area contributed by atoms with Crippen LogP contribution in [0, 0.1) is 0 Å². The van der Waals surface area contributed by atoms with Gasteiger partial charge in [-0.2, -0.15) is 5.10 Å². The van der Waals surface area contributed by atoms with Crippen LogP contribution in [0.4, 0.5) is 0 Å². The molecule has 72 valence electrons. The largest absolute Gasteiger partial charge is 0.307 e. The van der Waals surface area contributed by atoms with Gasteiger partial charge in [-0.3, -0.25) is 5.10 Å². The van der Waals surface area contributed by atoms with Gasteiger partial charge >= 0.3 is 0 Å². The Morgan fingerprint density at radius 3 is 3.08 bits per heavy atom. The zero-order valence-electron chi connectivity index (χ0n) is 8.01. The van der Waals surface area contributed by atoms with Crippen LogP contribution in [0.25, 0.3) is 0 Å². The topological polar surface area (TPSA) is 53.6 Å². The van der Waals surface area contributed by atoms with Gasteiger partial charge in [-0.05, 0) is 19.3 Å². The van der Waals surface area contributed by atoms with Gasteiger partial charge in [0.05, 0.1) is 6.54 Å². The lowest BCUT2D eigenvalue weighted by Gasteiger charge is -1.96. The molecule has 0 unspecified atom stereocenters. The summed E-state index contributed by atoms with van der Waals surface area (Å²) in [7, 11) is 0. The van der Waals surface area contributed by atoms with E-state index in [1.54, 1.807) is 0 Å². The van der Waals surface area contributed by atoms with E-state index in [2.05, 4.69) is 27.4 Å². The Morgan fingerprint density at radius 2 is 2.38 bits per heavy atom. The third-order valence-corrected chi connectivity index (χ3v) is 2.19. The first-order valence-electron chi connectivity index (χ1n) is 5.02. The van der Waals surface area contributed by atoms with E-state index in [-0.39, 0.29) is 0 Å². The highest BCUT2D eigenvalue weighted by Crippen LogP contribution is 2.18. The number of hydrogen-bond acceptors (Lipinski definition) is 3. The fraction of sp³-hybridized carbons (Fsp3) is 0.778. The predicted molar refractivity (Wildman–Crippen MR) is 50.2 cm³/mol. The lowest BCUT2D eigenvalue weighted by atomic mass is 10.3. The average molecular weight is 180 g/mol. The zero-order chi connectivity index (χ0) is 9.10. The van der Waals surface area contributed by atoms with Gasteiger partial charge < -0.3 is 5.32 Å². The first kappa shape index (κ1) is 8.69. The van der Waals surface area contributed by atoms with E-state index >= 15 is 0 Å². The van der Waals surface area contributed by atoms with Gasteiger partial charge in [-0.25, -0.2) is 4.98 Å². The summed E-state index contributed by atoms with van der Waals surface area (Å²) >= 11 is 0. The third kappa shape index (κ3) is 2.52. The average Bonchev–Trinajstić information content (AvgIpc) is 2.85. The number of nitrogens with zero attached hydrogens (tertiary/aromatic N) is 2. The molecule has 0 radical (unpaired) electrons. The van der Waals surface area contributed by atoms with Crippen molar-refractivity contribution in [1.82, 2.24) is 20.5 Å². The number of hydrogen-bond donors (Lipinski definition) is 2. The minimum absolute atomic E-state index is 0.736. The molecule has 0 spiro atoms. The van der Waals surface area contributed by atoms with Gasteiger partial charge in [0.25, 0.3) is 0 Å². The molecule has 1 aromatic rings. The van der Waals surface area contributed by atoms with Crippen molar-refractivity contribution in [3.63, 3.8) is 0 Å². The van der Waals surface area contributed by atoms with Crippen molar-refractivity contribution in [3.05, 3.63) is 11.6 Å². The fourth-order valence-corrected chi connectivity index (χ4v) is 1.28. The Hall–Kier alpha value is -0.900. The van der Waals surface area contributed by atoms with Crippen LogP contribution >= 0.6 is 0 Å². The van der Waals surface area contributed by atoms with E-state index in [1.165, 1.54) is 12.8 Å². The quantitative estimate of drug-likeness (QED) is 0.711. The van der Waals surface area contributed by atoms with Crippen molar-refractivity contribution in [2.75, 3.05) is 0 Å². The highest BCUT2D eigenvalue weighted by molar-refractivity contribution is 4.92. The van der Waals surface area contributed by atoms with Crippen LogP contribution in [-0.4, -0.2) is 21.2 Å². The number of aromatic amines is 1. The van der Waals surface area contributed by atoms with Crippen molar-refractivity contribution in [3.8, 4) is 0 Å². The molecule has 1 aliphatic rings. The van der Waals surface area contributed by atoms with E-state index in [0.29, 0.717) is 0 Å². The standard InChI is InChI=1S/C9H16N4/c1-2-3-8-11-9(13-12-8)6-10-7-4-5-7/h7,10H,2-6H2,1H3,(H,11,12,13). The third-order valence-electron chi connectivity index (χ3n) is 2.19. The van der Waals surface area contributed by atoms with Gasteiger partial charge in [0.1, 0.15) is 5.82 Å². The molecule has 0 aromatic carbocycles. The van der Waals surface area contributed by atoms with Crippen molar-refractivity contribution >= 4 is 0 Å². The maximum atomic E-state index is 4.37. The second-order valence-corrected chi connectivity index (χ2v) is 3.60. The van der Waals surface area contributed by atoms with Crippen LogP contribution in [-0.2, 0) is 13.0 Å². The van der Waals surface area contributed by atoms with Crippen molar-refractivity contribution in [2.24, 2.45) is 0 Å². The van der Waals surface area contributed by atoms with Crippen molar-refractivity contribution in [1.29, 1.82) is 0 Å². The normalized spacial score (nSPS) is 16.4. The number of aryl methyl sites for hydroxylation is 1. The molecule has 2 N–H and O–H groups in total. The molecule has 0 amide bonds. The smallest absolute Gasteiger partial charge is 0.150 e. The molecule has 4 heteroatoms. The minimum atomic E-state index is 0.736. The summed E-state index contributed by atoms with van der Waals surface area (Å²) in [6.45, 7) is 2.97. The lowest BCUT2D eigenvalue weighted by Crippen LogP contribution is -2.16. The van der Waals surface area contributed by atoms with Crippen LogP contribution < -0.4 is 5.32 Å². The lowest BCUT2D eigenvalue weighted by molar-refractivity contribution is 0.659. The summed E-state index contributed by atoms with van der Waals surface area (Å²) in [4.78, 5) is 4.37. The summed E-state index contributed by atoms with van der Waals surface area (Å²) in [6, 6.07) is 0.736. The number of H-pyrrole nitrogens is 1. The van der Waals surface area contributed by atoms with E-state index in [0.717, 1.165) is 37.1 Å². The molecule has 0 aliphatic heterocycles. The van der Waals surface area contributed by atoms with E-state index < -0.39 is 0 Å². The predicted octanol–water partition coefficient (Wildman–Crippen LogP) is 1.01. The molecule has 13 heavy (non-hydrogen) atoms. The highest BCUT2D eigenvalue weighted by Gasteiger charge is 2.20. The Morgan fingerprint density at radius 1 is 1.54 bits per heavy atom. The Kier molecular flexibility index (Phi) is 2.59. The fourth-order valence-electron chi connectivity index (χ4n) is 1.28. The first-order chi connectivity index (χ1) is 6.38. The second-order valence-electron chi connectivity index (χ2n) is 3.60. The van der Waals surface area contributed by atoms with E-state index in [4.69, 9.17) is 0 Å². The summed E-state index contributed by atoms with van der Waals surface area (Å²) in [5.41, 5.74) is 0. The van der Waals surface area contributed by atoms with Crippen LogP contribution in [0.3, 0.4) is 0 Å². The minimum Gasteiger partial charge on any atom is -0.307 e. The van der Waals surface area contributed by atoms with Gasteiger partial charge in [0.2, 0.25) is 0 Å². The van der Waals surface area contributed by atoms with Crippen molar-refractivity contribution < 1.29 is 0 Å². The Labute approximate surface area is 78.1 Å². The highest BCUT2D eigenvalue weighted by atomic mass is 15.2. The van der Waals surface area contributed by atoms with Gasteiger partial charge in [-0.15, -0.1) is 0 Å². The van der Waals surface area contributed by atoms with Crippen LogP contribution in [0.15, 0.2) is 0 Å². The Bertz CT molecular complexity index is 264. The molecule has 1 aromatic heterocycles. The number of aromatic nitrogens is 3. The molecule has 0 bridgehead atoms. The van der Waals surface area contributed by atoms with Gasteiger partial charge in [0.15, 0.2) is 5.82 Å². The molecule has 1 aliphatic carbocycles. The summed E-state index contributed by atoms with van der Waals surface area (Å²) in [5.74, 6) is 1.91. The van der Waals surface area contributed by atoms with Gasteiger partial charge in [-0.1, -0.05) is 6.92 Å². The number of rotatable bonds is 5. The molecule has 1 fully saturated rings. The van der Waals surface area contributed by atoms with Crippen LogP contribution in [0.1, 0.15) is 37.8 Å². The van der Waals surface area contributed by atoms with Crippen LogP contribution in [0.5, 0.6) is 0 Å². The van der Waals surface area contributed by atoms with Gasteiger partial charge in [0, 0.05) is 12.5 Å². The maximum absolute atomic E-state index is 4.37. The summed E-state index contributed by atoms with van der Waals surface area (Å²) in [6.07, 6.45) is 4.71. The monoisotopic (exact) mass is 180 g/mol. The number of nitrogens with one attached hydrogen (secondary N) is 2. The van der Waals surface area contributed by atoms with Crippen LogP contribution in [0.2, 0.25) is 0 Å². The first-order valence-corrected chi connectivity index (χ1v) is 5.02. The second kappa shape index (κ2) is 3.87. The molecule has 0 saturated heterocycles. The molecule has 1 saturated carbocycles. The Balaban J connectivity index is 1.81. The molecular weight excluding hydrogens is 164 g/mol. The molecule has 1 heterocycles. The summed E-state index contributed by atoms with van der Waals surface area (Å²) < 4.78 is 0. The molecule has 4 nitrogen and oxygen atoms in total. The molecule has 0 atom stereocenters.